The van der Waals surface area contributed by atoms with Gasteiger partial charge in [-0.1, -0.05) is 29.8 Å². The van der Waals surface area contributed by atoms with E-state index in [1.54, 1.807) is 10.4 Å². The van der Waals surface area contributed by atoms with Crippen molar-refractivity contribution >= 4 is 21.6 Å². The number of pyridine rings is 1. The van der Waals surface area contributed by atoms with Crippen molar-refractivity contribution in [2.24, 2.45) is 0 Å². The van der Waals surface area contributed by atoms with Crippen molar-refractivity contribution in [1.29, 1.82) is 0 Å². The van der Waals surface area contributed by atoms with Crippen LogP contribution in [-0.4, -0.2) is 4.98 Å². The fourth-order valence-electron chi connectivity index (χ4n) is 3.34. The molecule has 1 aromatic carbocycles. The fourth-order valence-corrected chi connectivity index (χ4v) is 4.67. The lowest BCUT2D eigenvalue weighted by atomic mass is 9.92. The highest BCUT2D eigenvalue weighted by atomic mass is 32.1. The number of hydrogen-bond acceptors (Lipinski definition) is 2. The molecule has 0 radical (unpaired) electrons. The summed E-state index contributed by atoms with van der Waals surface area (Å²) < 4.78 is 0. The molecular weight excluding hydrogens is 274 g/mol. The van der Waals surface area contributed by atoms with Crippen LogP contribution in [0.2, 0.25) is 0 Å². The lowest BCUT2D eigenvalue weighted by molar-refractivity contribution is 0.700. The SMILES string of the molecule is Cc1ccc(-c2cc(C)nc3sc4c(c23)CCCC4)cc1. The summed E-state index contributed by atoms with van der Waals surface area (Å²) in [6, 6.07) is 11.2. The van der Waals surface area contributed by atoms with Crippen LogP contribution in [0, 0.1) is 13.8 Å². The molecule has 0 fully saturated rings. The highest BCUT2D eigenvalue weighted by Gasteiger charge is 2.20. The normalized spacial score (nSPS) is 14.4. The van der Waals surface area contributed by atoms with Gasteiger partial charge in [0.05, 0.1) is 0 Å². The third kappa shape index (κ3) is 2.18. The van der Waals surface area contributed by atoms with Gasteiger partial charge in [0.15, 0.2) is 0 Å². The molecule has 1 aliphatic rings. The lowest BCUT2D eigenvalue weighted by Gasteiger charge is -2.13. The number of aryl methyl sites for hydroxylation is 4. The second-order valence-electron chi connectivity index (χ2n) is 6.07. The van der Waals surface area contributed by atoms with Crippen molar-refractivity contribution in [3.8, 4) is 11.1 Å². The van der Waals surface area contributed by atoms with Crippen LogP contribution in [0.1, 0.15) is 34.5 Å². The van der Waals surface area contributed by atoms with E-state index in [9.17, 15) is 0 Å². The molecule has 2 heterocycles. The number of fused-ring (bicyclic) bond motifs is 3. The Bertz CT molecular complexity index is 812. The molecule has 0 aliphatic heterocycles. The van der Waals surface area contributed by atoms with Crippen molar-refractivity contribution in [1.82, 2.24) is 4.98 Å². The standard InChI is InChI=1S/C19H19NS/c1-12-7-9-14(10-8-12)16-11-13(2)20-19-18(16)15-5-3-4-6-17(15)21-19/h7-11H,3-6H2,1-2H3. The number of hydrogen-bond donors (Lipinski definition) is 0. The Kier molecular flexibility index (Phi) is 3.07. The molecule has 0 N–H and O–H groups in total. The molecule has 0 spiro atoms. The Balaban J connectivity index is 2.02. The average Bonchev–Trinajstić information content (AvgIpc) is 2.85. The summed E-state index contributed by atoms with van der Waals surface area (Å²) in [6.07, 6.45) is 5.11. The highest BCUT2D eigenvalue weighted by Crippen LogP contribution is 2.40. The molecule has 0 saturated carbocycles. The number of thiophene rings is 1. The largest absolute Gasteiger partial charge is 0.242 e. The Morgan fingerprint density at radius 1 is 1.00 bits per heavy atom. The molecule has 0 atom stereocenters. The molecule has 2 aromatic heterocycles. The van der Waals surface area contributed by atoms with Gasteiger partial charge in [0, 0.05) is 16.0 Å². The van der Waals surface area contributed by atoms with Gasteiger partial charge in [-0.3, -0.25) is 0 Å². The summed E-state index contributed by atoms with van der Waals surface area (Å²) >= 11 is 1.91. The molecule has 0 unspecified atom stereocenters. The van der Waals surface area contributed by atoms with Gasteiger partial charge in [0.1, 0.15) is 4.83 Å². The molecular formula is C19H19NS. The van der Waals surface area contributed by atoms with Crippen molar-refractivity contribution < 1.29 is 0 Å². The number of aromatic nitrogens is 1. The van der Waals surface area contributed by atoms with Gasteiger partial charge in [-0.15, -0.1) is 11.3 Å². The maximum Gasteiger partial charge on any atom is 0.124 e. The van der Waals surface area contributed by atoms with E-state index in [4.69, 9.17) is 4.98 Å². The monoisotopic (exact) mass is 293 g/mol. The summed E-state index contributed by atoms with van der Waals surface area (Å²) in [6.45, 7) is 4.25. The molecule has 1 aliphatic carbocycles. The first-order chi connectivity index (χ1) is 10.2. The van der Waals surface area contributed by atoms with Gasteiger partial charge in [0.25, 0.3) is 0 Å². The number of rotatable bonds is 1. The summed E-state index contributed by atoms with van der Waals surface area (Å²) in [5.41, 5.74) is 6.70. The molecule has 106 valence electrons. The van der Waals surface area contributed by atoms with E-state index in [0.717, 1.165) is 5.69 Å². The molecule has 2 heteroatoms. The van der Waals surface area contributed by atoms with Gasteiger partial charge in [-0.2, -0.15) is 0 Å². The summed E-state index contributed by atoms with van der Waals surface area (Å²) in [4.78, 5) is 7.61. The van der Waals surface area contributed by atoms with Crippen molar-refractivity contribution in [2.45, 2.75) is 39.5 Å². The summed E-state index contributed by atoms with van der Waals surface area (Å²) in [5, 5.41) is 1.42. The lowest BCUT2D eigenvalue weighted by Crippen LogP contribution is -1.98. The van der Waals surface area contributed by atoms with E-state index >= 15 is 0 Å². The average molecular weight is 293 g/mol. The van der Waals surface area contributed by atoms with E-state index in [0.29, 0.717) is 0 Å². The quantitative estimate of drug-likeness (QED) is 0.580. The van der Waals surface area contributed by atoms with Crippen LogP contribution in [0.5, 0.6) is 0 Å². The third-order valence-corrected chi connectivity index (χ3v) is 5.60. The van der Waals surface area contributed by atoms with Crippen LogP contribution in [0.15, 0.2) is 30.3 Å². The van der Waals surface area contributed by atoms with Crippen molar-refractivity contribution in [2.75, 3.05) is 0 Å². The van der Waals surface area contributed by atoms with Crippen LogP contribution in [0.25, 0.3) is 21.3 Å². The number of nitrogens with zero attached hydrogens (tertiary/aromatic N) is 1. The predicted molar refractivity (Wildman–Crippen MR) is 91.2 cm³/mol. The fraction of sp³-hybridized carbons (Fsp3) is 0.316. The first-order valence-corrected chi connectivity index (χ1v) is 8.53. The molecule has 0 bridgehead atoms. The molecule has 3 aromatic rings. The topological polar surface area (TPSA) is 12.9 Å². The Morgan fingerprint density at radius 3 is 2.57 bits per heavy atom. The smallest absolute Gasteiger partial charge is 0.124 e. The van der Waals surface area contributed by atoms with Crippen LogP contribution < -0.4 is 0 Å². The Hall–Kier alpha value is -1.67. The van der Waals surface area contributed by atoms with Gasteiger partial charge < -0.3 is 0 Å². The van der Waals surface area contributed by atoms with E-state index < -0.39 is 0 Å². The maximum atomic E-state index is 4.80. The zero-order valence-corrected chi connectivity index (χ0v) is 13.4. The van der Waals surface area contributed by atoms with Gasteiger partial charge in [-0.05, 0) is 62.3 Å². The van der Waals surface area contributed by atoms with E-state index in [1.807, 2.05) is 11.3 Å². The maximum absolute atomic E-state index is 4.80. The van der Waals surface area contributed by atoms with Crippen LogP contribution in [0.4, 0.5) is 0 Å². The van der Waals surface area contributed by atoms with Crippen LogP contribution >= 0.6 is 11.3 Å². The van der Waals surface area contributed by atoms with Gasteiger partial charge in [-0.25, -0.2) is 4.98 Å². The van der Waals surface area contributed by atoms with Crippen molar-refractivity contribution in [3.63, 3.8) is 0 Å². The zero-order chi connectivity index (χ0) is 14.4. The predicted octanol–water partition coefficient (Wildman–Crippen LogP) is 5.46. The Morgan fingerprint density at radius 2 is 1.76 bits per heavy atom. The number of benzene rings is 1. The summed E-state index contributed by atoms with van der Waals surface area (Å²) in [7, 11) is 0. The molecule has 0 amide bonds. The van der Waals surface area contributed by atoms with Crippen LogP contribution in [-0.2, 0) is 12.8 Å². The second-order valence-corrected chi connectivity index (χ2v) is 7.15. The van der Waals surface area contributed by atoms with E-state index in [2.05, 4.69) is 44.2 Å². The van der Waals surface area contributed by atoms with Crippen LogP contribution in [0.3, 0.4) is 0 Å². The zero-order valence-electron chi connectivity index (χ0n) is 12.6. The minimum absolute atomic E-state index is 1.12. The van der Waals surface area contributed by atoms with E-state index in [1.165, 1.54) is 52.6 Å². The molecule has 4 rings (SSSR count). The first-order valence-electron chi connectivity index (χ1n) is 7.71. The van der Waals surface area contributed by atoms with Gasteiger partial charge in [0.2, 0.25) is 0 Å². The minimum Gasteiger partial charge on any atom is -0.242 e. The van der Waals surface area contributed by atoms with Gasteiger partial charge >= 0.3 is 0 Å². The Labute approximate surface area is 129 Å². The molecule has 0 saturated heterocycles. The summed E-state index contributed by atoms with van der Waals surface area (Å²) in [5.74, 6) is 0. The first kappa shape index (κ1) is 13.0. The van der Waals surface area contributed by atoms with E-state index in [-0.39, 0.29) is 0 Å². The third-order valence-electron chi connectivity index (χ3n) is 4.42. The second kappa shape index (κ2) is 4.96. The molecule has 21 heavy (non-hydrogen) atoms. The minimum atomic E-state index is 1.12. The highest BCUT2D eigenvalue weighted by molar-refractivity contribution is 7.19. The van der Waals surface area contributed by atoms with Crippen molar-refractivity contribution in [3.05, 3.63) is 52.0 Å². The molecule has 1 nitrogen and oxygen atoms in total.